The van der Waals surface area contributed by atoms with E-state index in [-0.39, 0.29) is 12.0 Å². The Morgan fingerprint density at radius 2 is 2.14 bits per heavy atom. The normalized spacial score (nSPS) is 12.0. The summed E-state index contributed by atoms with van der Waals surface area (Å²) in [7, 11) is 0. The zero-order chi connectivity index (χ0) is 19.8. The van der Waals surface area contributed by atoms with Gasteiger partial charge in [-0.3, -0.25) is 14.5 Å². The molecule has 0 aliphatic carbocycles. The van der Waals surface area contributed by atoms with Crippen molar-refractivity contribution in [1.82, 2.24) is 20.1 Å². The average Bonchev–Trinajstić information content (AvgIpc) is 3.36. The van der Waals surface area contributed by atoms with Crippen LogP contribution in [0.4, 0.5) is 0 Å². The Hall–Kier alpha value is -2.29. The molecule has 0 fully saturated rings. The van der Waals surface area contributed by atoms with Crippen molar-refractivity contribution in [3.63, 3.8) is 0 Å². The molecule has 148 valence electrons. The SMILES string of the molecule is CC(OCCCNC(=O)CCn1c(-c2cccs2)n[nH]c1=S)c1ccccc1. The standard InChI is InChI=1S/C20H24N4O2S2/c1-15(16-7-3-2-4-8-16)26-13-6-11-21-18(25)10-12-24-19(22-23-20(24)27)17-9-5-14-28-17/h2-5,7-9,14-15H,6,10-13H2,1H3,(H,21,25)(H,23,27). The van der Waals surface area contributed by atoms with E-state index in [4.69, 9.17) is 17.0 Å². The third-order valence-corrected chi connectivity index (χ3v) is 5.52. The van der Waals surface area contributed by atoms with Crippen LogP contribution >= 0.6 is 23.6 Å². The monoisotopic (exact) mass is 416 g/mol. The highest BCUT2D eigenvalue weighted by molar-refractivity contribution is 7.71. The van der Waals surface area contributed by atoms with Gasteiger partial charge in [-0.05, 0) is 42.6 Å². The second kappa shape index (κ2) is 10.3. The predicted molar refractivity (Wildman–Crippen MR) is 114 cm³/mol. The lowest BCUT2D eigenvalue weighted by atomic mass is 10.1. The van der Waals surface area contributed by atoms with E-state index in [9.17, 15) is 4.79 Å². The van der Waals surface area contributed by atoms with Crippen LogP contribution in [-0.2, 0) is 16.1 Å². The quantitative estimate of drug-likeness (QED) is 0.381. The van der Waals surface area contributed by atoms with Gasteiger partial charge in [-0.2, -0.15) is 5.10 Å². The molecule has 0 aliphatic rings. The Morgan fingerprint density at radius 1 is 1.32 bits per heavy atom. The second-order valence-corrected chi connectivity index (χ2v) is 7.69. The molecule has 0 spiro atoms. The van der Waals surface area contributed by atoms with Gasteiger partial charge in [0.05, 0.1) is 11.0 Å². The number of amides is 1. The third kappa shape index (κ3) is 5.60. The number of ether oxygens (including phenoxy) is 1. The Bertz CT molecular complexity index is 919. The van der Waals surface area contributed by atoms with Gasteiger partial charge in [-0.25, -0.2) is 0 Å². The maximum atomic E-state index is 12.1. The molecule has 0 bridgehead atoms. The van der Waals surface area contributed by atoms with Gasteiger partial charge in [0, 0.05) is 26.1 Å². The third-order valence-electron chi connectivity index (χ3n) is 4.34. The molecule has 2 aromatic heterocycles. The highest BCUT2D eigenvalue weighted by atomic mass is 32.1. The molecule has 28 heavy (non-hydrogen) atoms. The van der Waals surface area contributed by atoms with E-state index >= 15 is 0 Å². The van der Waals surface area contributed by atoms with Gasteiger partial charge in [0.25, 0.3) is 0 Å². The molecular formula is C20H24N4O2S2. The Labute approximate surface area is 173 Å². The van der Waals surface area contributed by atoms with Crippen LogP contribution in [0.25, 0.3) is 10.7 Å². The molecule has 0 saturated heterocycles. The summed E-state index contributed by atoms with van der Waals surface area (Å²) in [5.41, 5.74) is 1.16. The van der Waals surface area contributed by atoms with Gasteiger partial charge in [0.15, 0.2) is 10.6 Å². The van der Waals surface area contributed by atoms with Crippen molar-refractivity contribution in [2.24, 2.45) is 0 Å². The number of carbonyl (C=O) groups excluding carboxylic acids is 1. The van der Waals surface area contributed by atoms with Crippen LogP contribution in [0.1, 0.15) is 31.4 Å². The Balaban J connectivity index is 1.37. The fourth-order valence-electron chi connectivity index (χ4n) is 2.80. The second-order valence-electron chi connectivity index (χ2n) is 6.36. The number of aromatic nitrogens is 3. The summed E-state index contributed by atoms with van der Waals surface area (Å²) in [5, 5.41) is 12.0. The van der Waals surface area contributed by atoms with Crippen molar-refractivity contribution in [2.45, 2.75) is 32.4 Å². The van der Waals surface area contributed by atoms with Gasteiger partial charge in [-0.1, -0.05) is 36.4 Å². The lowest BCUT2D eigenvalue weighted by molar-refractivity contribution is -0.121. The number of hydrogen-bond donors (Lipinski definition) is 2. The van der Waals surface area contributed by atoms with Crippen LogP contribution in [0.2, 0.25) is 0 Å². The van der Waals surface area contributed by atoms with Crippen LogP contribution in [0.3, 0.4) is 0 Å². The maximum Gasteiger partial charge on any atom is 0.221 e. The smallest absolute Gasteiger partial charge is 0.221 e. The molecule has 0 saturated carbocycles. The minimum atomic E-state index is -0.00339. The lowest BCUT2D eigenvalue weighted by Gasteiger charge is -2.13. The fraction of sp³-hybridized carbons (Fsp3) is 0.350. The summed E-state index contributed by atoms with van der Waals surface area (Å²) < 4.78 is 8.21. The Kier molecular flexibility index (Phi) is 7.53. The minimum absolute atomic E-state index is 0.00339. The molecule has 1 unspecified atom stereocenters. The summed E-state index contributed by atoms with van der Waals surface area (Å²) in [4.78, 5) is 13.2. The number of carbonyl (C=O) groups is 1. The van der Waals surface area contributed by atoms with Crippen molar-refractivity contribution >= 4 is 29.5 Å². The van der Waals surface area contributed by atoms with E-state index in [1.54, 1.807) is 11.3 Å². The van der Waals surface area contributed by atoms with Crippen molar-refractivity contribution in [1.29, 1.82) is 0 Å². The van der Waals surface area contributed by atoms with E-state index < -0.39 is 0 Å². The number of rotatable bonds is 10. The molecule has 2 heterocycles. The number of thiophene rings is 1. The maximum absolute atomic E-state index is 12.1. The van der Waals surface area contributed by atoms with E-state index in [2.05, 4.69) is 27.6 Å². The molecule has 3 aromatic rings. The van der Waals surface area contributed by atoms with E-state index in [0.717, 1.165) is 22.7 Å². The number of hydrogen-bond acceptors (Lipinski definition) is 5. The number of aromatic amines is 1. The van der Waals surface area contributed by atoms with Crippen LogP contribution < -0.4 is 5.32 Å². The summed E-state index contributed by atoms with van der Waals surface area (Å²) in [5.74, 6) is 0.771. The van der Waals surface area contributed by atoms with Crippen molar-refractivity contribution in [3.05, 3.63) is 58.2 Å². The summed E-state index contributed by atoms with van der Waals surface area (Å²) in [6.45, 7) is 3.73. The highest BCUT2D eigenvalue weighted by Gasteiger charge is 2.11. The first kappa shape index (κ1) is 20.4. The van der Waals surface area contributed by atoms with Crippen LogP contribution in [0.15, 0.2) is 47.8 Å². The number of benzene rings is 1. The number of nitrogens with zero attached hydrogens (tertiary/aromatic N) is 2. The van der Waals surface area contributed by atoms with Gasteiger partial charge >= 0.3 is 0 Å². The highest BCUT2D eigenvalue weighted by Crippen LogP contribution is 2.22. The van der Waals surface area contributed by atoms with Crippen LogP contribution in [0.5, 0.6) is 0 Å². The van der Waals surface area contributed by atoms with E-state index in [1.165, 1.54) is 0 Å². The average molecular weight is 417 g/mol. The molecule has 2 N–H and O–H groups in total. The van der Waals surface area contributed by atoms with E-state index in [1.807, 2.05) is 47.2 Å². The first-order valence-corrected chi connectivity index (χ1v) is 10.6. The molecule has 1 atom stereocenters. The molecular weight excluding hydrogens is 392 g/mol. The predicted octanol–water partition coefficient (Wildman–Crippen LogP) is 4.34. The first-order valence-electron chi connectivity index (χ1n) is 9.27. The number of H-pyrrole nitrogens is 1. The minimum Gasteiger partial charge on any atom is -0.374 e. The van der Waals surface area contributed by atoms with Gasteiger partial charge < -0.3 is 10.1 Å². The van der Waals surface area contributed by atoms with Crippen molar-refractivity contribution < 1.29 is 9.53 Å². The zero-order valence-corrected chi connectivity index (χ0v) is 17.4. The first-order chi connectivity index (χ1) is 13.6. The van der Waals surface area contributed by atoms with Crippen molar-refractivity contribution in [2.75, 3.05) is 13.2 Å². The summed E-state index contributed by atoms with van der Waals surface area (Å²) >= 11 is 6.88. The lowest BCUT2D eigenvalue weighted by Crippen LogP contribution is -2.26. The Morgan fingerprint density at radius 3 is 2.89 bits per heavy atom. The van der Waals surface area contributed by atoms with Crippen molar-refractivity contribution in [3.8, 4) is 10.7 Å². The van der Waals surface area contributed by atoms with Crippen LogP contribution in [0, 0.1) is 4.77 Å². The molecule has 8 heteroatoms. The molecule has 1 amide bonds. The number of nitrogens with one attached hydrogen (secondary N) is 2. The fourth-order valence-corrected chi connectivity index (χ4v) is 3.75. The topological polar surface area (TPSA) is 71.9 Å². The zero-order valence-electron chi connectivity index (χ0n) is 15.8. The molecule has 0 aliphatic heterocycles. The molecule has 3 rings (SSSR count). The summed E-state index contributed by atoms with van der Waals surface area (Å²) in [6.07, 6.45) is 1.18. The van der Waals surface area contributed by atoms with Gasteiger partial charge in [0.2, 0.25) is 5.91 Å². The summed E-state index contributed by atoms with van der Waals surface area (Å²) in [6, 6.07) is 14.1. The van der Waals surface area contributed by atoms with Crippen LogP contribution in [-0.4, -0.2) is 33.8 Å². The largest absolute Gasteiger partial charge is 0.374 e. The molecule has 6 nitrogen and oxygen atoms in total. The molecule has 0 radical (unpaired) electrons. The van der Waals surface area contributed by atoms with Gasteiger partial charge in [0.1, 0.15) is 0 Å². The molecule has 1 aromatic carbocycles. The van der Waals surface area contributed by atoms with E-state index in [0.29, 0.717) is 30.9 Å². The van der Waals surface area contributed by atoms with Gasteiger partial charge in [-0.15, -0.1) is 11.3 Å².